The van der Waals surface area contributed by atoms with Gasteiger partial charge in [-0.2, -0.15) is 0 Å². The summed E-state index contributed by atoms with van der Waals surface area (Å²) in [6.45, 7) is 4.25. The summed E-state index contributed by atoms with van der Waals surface area (Å²) in [6.07, 6.45) is 43.0. The smallest absolute Gasteiger partial charge is 0.462 e. The molecule has 314 valence electrons. The lowest BCUT2D eigenvalue weighted by Crippen LogP contribution is -2.29. The number of allylic oxidation sites excluding steroid dienone is 8. The Bertz CT molecular complexity index is 1040. The topological polar surface area (TPSA) is 112 Å². The summed E-state index contributed by atoms with van der Waals surface area (Å²) in [5.74, 6) is -0.839. The summed E-state index contributed by atoms with van der Waals surface area (Å²) in [5, 5.41) is 0. The van der Waals surface area contributed by atoms with Crippen LogP contribution in [0.15, 0.2) is 48.6 Å². The van der Waals surface area contributed by atoms with Crippen molar-refractivity contribution >= 4 is 19.8 Å². The van der Waals surface area contributed by atoms with Crippen molar-refractivity contribution in [1.29, 1.82) is 0 Å². The summed E-state index contributed by atoms with van der Waals surface area (Å²) >= 11 is 0. The quantitative estimate of drug-likeness (QED) is 0.0282. The first-order valence-electron chi connectivity index (χ1n) is 21.4. The lowest BCUT2D eigenvalue weighted by Gasteiger charge is -2.20. The number of nitrogens with zero attached hydrogens (tertiary/aromatic N) is 1. The highest BCUT2D eigenvalue weighted by atomic mass is 31.2. The van der Waals surface area contributed by atoms with Crippen molar-refractivity contribution in [3.8, 4) is 0 Å². The second-order valence-electron chi connectivity index (χ2n) is 14.5. The zero-order chi connectivity index (χ0) is 39.8. The van der Waals surface area contributed by atoms with E-state index in [2.05, 4.69) is 62.5 Å². The maximum Gasteiger partial charge on any atom is 0.472 e. The highest BCUT2D eigenvalue weighted by Crippen LogP contribution is 2.43. The van der Waals surface area contributed by atoms with E-state index in [-0.39, 0.29) is 32.0 Å². The van der Waals surface area contributed by atoms with E-state index < -0.39 is 26.5 Å². The van der Waals surface area contributed by atoms with Gasteiger partial charge in [-0.3, -0.25) is 18.6 Å². The first kappa shape index (κ1) is 52.0. The molecule has 0 heterocycles. The maximum atomic E-state index is 12.6. The SMILES string of the molecule is CCCCC/C=C\C/C=C\C/C=C\C/C=C\CCCCCC(=O)OC(COC(=O)CCCCCCCCCCCCCC)COP(=O)(O)OCCN(C)C. The van der Waals surface area contributed by atoms with Gasteiger partial charge in [0.25, 0.3) is 0 Å². The van der Waals surface area contributed by atoms with Crippen LogP contribution in [0.5, 0.6) is 0 Å². The molecule has 0 aromatic heterocycles. The van der Waals surface area contributed by atoms with Gasteiger partial charge in [0.15, 0.2) is 6.10 Å². The number of hydrogen-bond acceptors (Lipinski definition) is 8. The number of unbranched alkanes of at least 4 members (excludes halogenated alkanes) is 17. The van der Waals surface area contributed by atoms with Gasteiger partial charge in [-0.1, -0.05) is 152 Å². The Kier molecular flexibility index (Phi) is 37.7. The Balaban J connectivity index is 4.37. The van der Waals surface area contributed by atoms with E-state index in [1.807, 2.05) is 19.0 Å². The van der Waals surface area contributed by atoms with Gasteiger partial charge in [-0.25, -0.2) is 4.57 Å². The van der Waals surface area contributed by atoms with E-state index in [0.29, 0.717) is 13.0 Å². The molecule has 0 rings (SSSR count). The standard InChI is InChI=1S/C44H80NO8P/c1-5-7-9-11-13-15-17-19-20-21-22-23-24-25-27-29-31-33-35-37-44(47)53-42(41-52-54(48,49)51-39-38-45(3)4)40-50-43(46)36-34-32-30-28-26-18-16-14-12-10-8-6-2/h13,15,19-20,22-23,25,27,42H,5-12,14,16-18,21,24,26,28-41H2,1-4H3,(H,48,49)/b15-13-,20-19-,23-22-,27-25-. The molecule has 0 aromatic carbocycles. The zero-order valence-corrected chi connectivity index (χ0v) is 35.8. The van der Waals surface area contributed by atoms with Crippen LogP contribution in [-0.4, -0.2) is 68.3 Å². The lowest BCUT2D eigenvalue weighted by atomic mass is 10.0. The molecule has 0 radical (unpaired) electrons. The fourth-order valence-corrected chi connectivity index (χ4v) is 6.29. The van der Waals surface area contributed by atoms with Gasteiger partial charge >= 0.3 is 19.8 Å². The fraction of sp³-hybridized carbons (Fsp3) is 0.773. The monoisotopic (exact) mass is 782 g/mol. The Hall–Kier alpha value is -2.03. The number of carbonyl (C=O) groups excluding carboxylic acids is 2. The van der Waals surface area contributed by atoms with Crippen LogP contribution < -0.4 is 0 Å². The molecule has 0 amide bonds. The molecule has 0 fully saturated rings. The Morgan fingerprint density at radius 1 is 0.574 bits per heavy atom. The lowest BCUT2D eigenvalue weighted by molar-refractivity contribution is -0.161. The van der Waals surface area contributed by atoms with Crippen molar-refractivity contribution in [2.45, 2.75) is 180 Å². The fourth-order valence-electron chi connectivity index (χ4n) is 5.55. The van der Waals surface area contributed by atoms with Gasteiger partial charge in [0.2, 0.25) is 0 Å². The molecule has 54 heavy (non-hydrogen) atoms. The van der Waals surface area contributed by atoms with Crippen LogP contribution >= 0.6 is 7.82 Å². The van der Waals surface area contributed by atoms with Crippen molar-refractivity contribution < 1.29 is 37.6 Å². The van der Waals surface area contributed by atoms with Gasteiger partial charge < -0.3 is 19.3 Å². The van der Waals surface area contributed by atoms with E-state index >= 15 is 0 Å². The molecule has 0 saturated carbocycles. The Morgan fingerprint density at radius 2 is 1.00 bits per heavy atom. The molecule has 2 unspecified atom stereocenters. The van der Waals surface area contributed by atoms with Crippen molar-refractivity contribution in [3.05, 3.63) is 48.6 Å². The second kappa shape index (κ2) is 39.2. The maximum absolute atomic E-state index is 12.6. The highest BCUT2D eigenvalue weighted by Gasteiger charge is 2.26. The zero-order valence-electron chi connectivity index (χ0n) is 34.9. The average Bonchev–Trinajstić information content (AvgIpc) is 3.13. The average molecular weight is 782 g/mol. The van der Waals surface area contributed by atoms with Crippen molar-refractivity contribution in [2.24, 2.45) is 0 Å². The van der Waals surface area contributed by atoms with E-state index in [1.54, 1.807) is 0 Å². The Morgan fingerprint density at radius 3 is 1.52 bits per heavy atom. The summed E-state index contributed by atoms with van der Waals surface area (Å²) in [7, 11) is -0.730. The Labute approximate surface area is 331 Å². The van der Waals surface area contributed by atoms with Gasteiger partial charge in [0, 0.05) is 19.4 Å². The van der Waals surface area contributed by atoms with Crippen LogP contribution in [0.2, 0.25) is 0 Å². The third-order valence-corrected chi connectivity index (χ3v) is 9.87. The van der Waals surface area contributed by atoms with E-state index in [0.717, 1.165) is 57.8 Å². The molecule has 2 atom stereocenters. The number of phosphoric ester groups is 1. The molecule has 0 aliphatic carbocycles. The number of hydrogen-bond donors (Lipinski definition) is 1. The van der Waals surface area contributed by atoms with Crippen LogP contribution in [0, 0.1) is 0 Å². The van der Waals surface area contributed by atoms with Gasteiger partial charge in [0.05, 0.1) is 13.2 Å². The molecule has 0 aliphatic heterocycles. The van der Waals surface area contributed by atoms with Crippen LogP contribution in [0.3, 0.4) is 0 Å². The summed E-state index contributed by atoms with van der Waals surface area (Å²) in [4.78, 5) is 36.9. The van der Waals surface area contributed by atoms with Crippen LogP contribution in [0.4, 0.5) is 0 Å². The van der Waals surface area contributed by atoms with E-state index in [4.69, 9.17) is 18.5 Å². The molecular formula is C44H80NO8P. The number of phosphoric acid groups is 1. The molecular weight excluding hydrogens is 701 g/mol. The molecule has 0 aromatic rings. The van der Waals surface area contributed by atoms with E-state index in [9.17, 15) is 19.0 Å². The summed E-state index contributed by atoms with van der Waals surface area (Å²) in [5.41, 5.74) is 0. The predicted octanol–water partition coefficient (Wildman–Crippen LogP) is 12.2. The van der Waals surface area contributed by atoms with Gasteiger partial charge in [0.1, 0.15) is 6.61 Å². The number of carbonyl (C=O) groups is 2. The number of ether oxygens (including phenoxy) is 2. The highest BCUT2D eigenvalue weighted by molar-refractivity contribution is 7.47. The molecule has 10 heteroatoms. The van der Waals surface area contributed by atoms with Crippen molar-refractivity contribution in [2.75, 3.05) is 40.5 Å². The van der Waals surface area contributed by atoms with Crippen LogP contribution in [0.1, 0.15) is 174 Å². The molecule has 9 nitrogen and oxygen atoms in total. The number of esters is 2. The normalized spacial score (nSPS) is 13.9. The minimum Gasteiger partial charge on any atom is -0.462 e. The van der Waals surface area contributed by atoms with Crippen molar-refractivity contribution in [3.63, 3.8) is 0 Å². The van der Waals surface area contributed by atoms with Gasteiger partial charge in [-0.15, -0.1) is 0 Å². The predicted molar refractivity (Wildman–Crippen MR) is 224 cm³/mol. The molecule has 0 spiro atoms. The molecule has 0 bridgehead atoms. The van der Waals surface area contributed by atoms with Crippen LogP contribution in [0.25, 0.3) is 0 Å². The molecule has 1 N–H and O–H groups in total. The van der Waals surface area contributed by atoms with E-state index in [1.165, 1.54) is 83.5 Å². The summed E-state index contributed by atoms with van der Waals surface area (Å²) < 4.78 is 33.4. The second-order valence-corrected chi connectivity index (χ2v) is 16.0. The minimum atomic E-state index is -4.37. The van der Waals surface area contributed by atoms with Gasteiger partial charge in [-0.05, 0) is 71.9 Å². The minimum absolute atomic E-state index is 0.000322. The number of likely N-dealkylation sites (N-methyl/N-ethyl adjacent to an activating group) is 1. The molecule has 0 saturated heterocycles. The first-order chi connectivity index (χ1) is 26.2. The first-order valence-corrected chi connectivity index (χ1v) is 22.9. The molecule has 0 aliphatic rings. The number of rotatable bonds is 39. The summed E-state index contributed by atoms with van der Waals surface area (Å²) in [6, 6.07) is 0. The third kappa shape index (κ3) is 39.7. The largest absolute Gasteiger partial charge is 0.472 e. The third-order valence-electron chi connectivity index (χ3n) is 8.89. The van der Waals surface area contributed by atoms with Crippen molar-refractivity contribution in [1.82, 2.24) is 4.90 Å². The van der Waals surface area contributed by atoms with Crippen LogP contribution in [-0.2, 0) is 32.7 Å².